The van der Waals surface area contributed by atoms with Crippen LogP contribution in [0.25, 0.3) is 0 Å². The summed E-state index contributed by atoms with van der Waals surface area (Å²) in [5, 5.41) is 9.85. The van der Waals surface area contributed by atoms with E-state index in [1.54, 1.807) is 12.1 Å². The van der Waals surface area contributed by atoms with E-state index in [1.807, 2.05) is 13.8 Å². The zero-order valence-electron chi connectivity index (χ0n) is 8.57. The van der Waals surface area contributed by atoms with Crippen LogP contribution >= 0.6 is 0 Å². The number of aliphatic hydroxyl groups is 1. The highest BCUT2D eigenvalue weighted by Gasteiger charge is 2.17. The molecule has 14 heavy (non-hydrogen) atoms. The molecule has 0 saturated heterocycles. The quantitative estimate of drug-likeness (QED) is 0.664. The maximum Gasteiger partial charge on any atom is 0.123 e. The molecular weight excluding hydrogens is 178 g/mol. The van der Waals surface area contributed by atoms with E-state index in [-0.39, 0.29) is 6.04 Å². The molecule has 0 amide bonds. The Morgan fingerprint density at radius 2 is 2.14 bits per heavy atom. The molecular formula is C10H17N3O. The normalized spacial score (nSPS) is 15.1. The van der Waals surface area contributed by atoms with Gasteiger partial charge in [-0.3, -0.25) is 0 Å². The SMILES string of the molecule is CC[C@@H](N)[C@H](O)c1ccc(N)nc1C. The van der Waals surface area contributed by atoms with Gasteiger partial charge in [0.25, 0.3) is 0 Å². The first kappa shape index (κ1) is 10.9. The molecule has 0 fully saturated rings. The maximum atomic E-state index is 9.85. The number of nitrogen functional groups attached to an aromatic ring is 1. The van der Waals surface area contributed by atoms with E-state index in [0.29, 0.717) is 5.82 Å². The van der Waals surface area contributed by atoms with Crippen LogP contribution < -0.4 is 11.5 Å². The number of aromatic nitrogens is 1. The number of nitrogens with two attached hydrogens (primary N) is 2. The molecule has 0 radical (unpaired) electrons. The van der Waals surface area contributed by atoms with Crippen molar-refractivity contribution in [2.45, 2.75) is 32.4 Å². The Hall–Kier alpha value is -1.13. The van der Waals surface area contributed by atoms with Crippen LogP contribution in [0.3, 0.4) is 0 Å². The summed E-state index contributed by atoms with van der Waals surface area (Å²) in [6, 6.07) is 3.20. The molecule has 0 aliphatic rings. The summed E-state index contributed by atoms with van der Waals surface area (Å²) in [5.74, 6) is 0.462. The number of aryl methyl sites for hydroxylation is 1. The third kappa shape index (κ3) is 2.21. The van der Waals surface area contributed by atoms with Crippen molar-refractivity contribution < 1.29 is 5.11 Å². The number of pyridine rings is 1. The lowest BCUT2D eigenvalue weighted by Crippen LogP contribution is -2.28. The number of aliphatic hydroxyl groups excluding tert-OH is 1. The fraction of sp³-hybridized carbons (Fsp3) is 0.500. The van der Waals surface area contributed by atoms with Gasteiger partial charge in [-0.15, -0.1) is 0 Å². The first-order valence-electron chi connectivity index (χ1n) is 4.73. The van der Waals surface area contributed by atoms with Crippen molar-refractivity contribution in [1.29, 1.82) is 0 Å². The highest BCUT2D eigenvalue weighted by molar-refractivity contribution is 5.35. The van der Waals surface area contributed by atoms with E-state index >= 15 is 0 Å². The van der Waals surface area contributed by atoms with E-state index in [4.69, 9.17) is 11.5 Å². The van der Waals surface area contributed by atoms with Gasteiger partial charge in [-0.05, 0) is 19.4 Å². The lowest BCUT2D eigenvalue weighted by atomic mass is 10.00. The van der Waals surface area contributed by atoms with Crippen molar-refractivity contribution >= 4 is 5.82 Å². The van der Waals surface area contributed by atoms with Gasteiger partial charge in [0.2, 0.25) is 0 Å². The zero-order valence-corrected chi connectivity index (χ0v) is 8.57. The van der Waals surface area contributed by atoms with Crippen LogP contribution in [0, 0.1) is 6.92 Å². The number of hydrogen-bond acceptors (Lipinski definition) is 4. The number of rotatable bonds is 3. The van der Waals surface area contributed by atoms with E-state index < -0.39 is 6.10 Å². The first-order valence-corrected chi connectivity index (χ1v) is 4.73. The van der Waals surface area contributed by atoms with Crippen LogP contribution in [0.15, 0.2) is 12.1 Å². The van der Waals surface area contributed by atoms with Gasteiger partial charge in [0.15, 0.2) is 0 Å². The van der Waals surface area contributed by atoms with E-state index in [9.17, 15) is 5.11 Å². The second kappa shape index (κ2) is 4.39. The predicted octanol–water partition coefficient (Wildman–Crippen LogP) is 0.743. The molecule has 1 aromatic heterocycles. The van der Waals surface area contributed by atoms with Gasteiger partial charge < -0.3 is 16.6 Å². The second-order valence-corrected chi connectivity index (χ2v) is 3.43. The van der Waals surface area contributed by atoms with Crippen molar-refractivity contribution in [1.82, 2.24) is 4.98 Å². The highest BCUT2D eigenvalue weighted by Crippen LogP contribution is 2.20. The molecule has 2 atom stereocenters. The van der Waals surface area contributed by atoms with Crippen LogP contribution in [-0.2, 0) is 0 Å². The van der Waals surface area contributed by atoms with E-state index in [2.05, 4.69) is 4.98 Å². The van der Waals surface area contributed by atoms with Crippen LogP contribution in [0.1, 0.15) is 30.7 Å². The fourth-order valence-corrected chi connectivity index (χ4v) is 1.36. The third-order valence-corrected chi connectivity index (χ3v) is 2.34. The van der Waals surface area contributed by atoms with Crippen LogP contribution in [0.4, 0.5) is 5.82 Å². The van der Waals surface area contributed by atoms with Gasteiger partial charge in [0.05, 0.1) is 6.10 Å². The standard InChI is InChI=1S/C10H17N3O/c1-3-8(11)10(14)7-4-5-9(12)13-6(7)2/h4-5,8,10,14H,3,11H2,1-2H3,(H2,12,13)/t8-,10-/m1/s1. The Balaban J connectivity index is 2.95. The van der Waals surface area contributed by atoms with Crippen LogP contribution in [0.5, 0.6) is 0 Å². The molecule has 78 valence electrons. The van der Waals surface area contributed by atoms with Gasteiger partial charge in [0, 0.05) is 17.3 Å². The fourth-order valence-electron chi connectivity index (χ4n) is 1.36. The molecule has 1 heterocycles. The van der Waals surface area contributed by atoms with Gasteiger partial charge >= 0.3 is 0 Å². The summed E-state index contributed by atoms with van der Waals surface area (Å²) < 4.78 is 0. The molecule has 1 aromatic rings. The maximum absolute atomic E-state index is 9.85. The smallest absolute Gasteiger partial charge is 0.123 e. The predicted molar refractivity (Wildman–Crippen MR) is 56.6 cm³/mol. The van der Waals surface area contributed by atoms with Crippen molar-refractivity contribution in [2.24, 2.45) is 5.73 Å². The summed E-state index contributed by atoms with van der Waals surface area (Å²) in [6.07, 6.45) is 0.0680. The molecule has 5 N–H and O–H groups in total. The summed E-state index contributed by atoms with van der Waals surface area (Å²) in [6.45, 7) is 3.76. The van der Waals surface area contributed by atoms with Gasteiger partial charge in [0.1, 0.15) is 5.82 Å². The van der Waals surface area contributed by atoms with Crippen molar-refractivity contribution in [3.63, 3.8) is 0 Å². The lowest BCUT2D eigenvalue weighted by molar-refractivity contribution is 0.143. The lowest BCUT2D eigenvalue weighted by Gasteiger charge is -2.18. The van der Waals surface area contributed by atoms with E-state index in [0.717, 1.165) is 17.7 Å². The summed E-state index contributed by atoms with van der Waals surface area (Å²) in [5.41, 5.74) is 12.8. The molecule has 0 aromatic carbocycles. The topological polar surface area (TPSA) is 85.2 Å². The number of nitrogens with zero attached hydrogens (tertiary/aromatic N) is 1. The third-order valence-electron chi connectivity index (χ3n) is 2.34. The van der Waals surface area contributed by atoms with Gasteiger partial charge in [-0.2, -0.15) is 0 Å². The van der Waals surface area contributed by atoms with Crippen molar-refractivity contribution in [2.75, 3.05) is 5.73 Å². The van der Waals surface area contributed by atoms with Gasteiger partial charge in [-0.1, -0.05) is 13.0 Å². The monoisotopic (exact) mass is 195 g/mol. The Morgan fingerprint density at radius 1 is 1.50 bits per heavy atom. The number of hydrogen-bond donors (Lipinski definition) is 3. The summed E-state index contributed by atoms with van der Waals surface area (Å²) >= 11 is 0. The average molecular weight is 195 g/mol. The highest BCUT2D eigenvalue weighted by atomic mass is 16.3. The van der Waals surface area contributed by atoms with Crippen LogP contribution in [-0.4, -0.2) is 16.1 Å². The van der Waals surface area contributed by atoms with Crippen molar-refractivity contribution in [3.05, 3.63) is 23.4 Å². The average Bonchev–Trinajstić information content (AvgIpc) is 2.15. The first-order chi connectivity index (χ1) is 6.56. The molecule has 4 heteroatoms. The Bertz CT molecular complexity index is 314. The molecule has 4 nitrogen and oxygen atoms in total. The zero-order chi connectivity index (χ0) is 10.7. The molecule has 0 aliphatic heterocycles. The largest absolute Gasteiger partial charge is 0.387 e. The molecule has 0 spiro atoms. The van der Waals surface area contributed by atoms with Crippen molar-refractivity contribution in [3.8, 4) is 0 Å². The Labute approximate surface area is 83.9 Å². The second-order valence-electron chi connectivity index (χ2n) is 3.43. The minimum Gasteiger partial charge on any atom is -0.387 e. The summed E-state index contributed by atoms with van der Waals surface area (Å²) in [7, 11) is 0. The molecule has 0 unspecified atom stereocenters. The Kier molecular flexibility index (Phi) is 3.43. The summed E-state index contributed by atoms with van der Waals surface area (Å²) in [4.78, 5) is 4.07. The minimum absolute atomic E-state index is 0.251. The minimum atomic E-state index is -0.659. The Morgan fingerprint density at radius 3 is 2.64 bits per heavy atom. The molecule has 0 aliphatic carbocycles. The van der Waals surface area contributed by atoms with Gasteiger partial charge in [-0.25, -0.2) is 4.98 Å². The molecule has 1 rings (SSSR count). The van der Waals surface area contributed by atoms with E-state index in [1.165, 1.54) is 0 Å². The number of anilines is 1. The molecule has 0 saturated carbocycles. The molecule has 0 bridgehead atoms. The van der Waals surface area contributed by atoms with Crippen LogP contribution in [0.2, 0.25) is 0 Å².